The average molecular weight is 322 g/mol. The number of anilines is 1. The number of amides is 2. The minimum Gasteiger partial charge on any atom is -0.442 e. The van der Waals surface area contributed by atoms with Crippen LogP contribution in [0.2, 0.25) is 0 Å². The lowest BCUT2D eigenvalue weighted by Gasteiger charge is -2.16. The fourth-order valence-electron chi connectivity index (χ4n) is 3.51. The summed E-state index contributed by atoms with van der Waals surface area (Å²) in [5.41, 5.74) is 4.35. The van der Waals surface area contributed by atoms with Crippen molar-refractivity contribution in [1.29, 1.82) is 0 Å². The van der Waals surface area contributed by atoms with Crippen molar-refractivity contribution < 1.29 is 14.3 Å². The molecule has 0 radical (unpaired) electrons. The van der Waals surface area contributed by atoms with Crippen LogP contribution in [0.4, 0.5) is 10.5 Å². The highest BCUT2D eigenvalue weighted by Crippen LogP contribution is 2.40. The molecule has 0 spiro atoms. The zero-order valence-corrected chi connectivity index (χ0v) is 13.4. The second-order valence-electron chi connectivity index (χ2n) is 6.21. The molecular formula is C19H18N2O3. The molecule has 0 saturated carbocycles. The Labute approximate surface area is 140 Å². The maximum Gasteiger partial charge on any atom is 0.415 e. The second kappa shape index (κ2) is 5.67. The molecule has 2 aliphatic heterocycles. The van der Waals surface area contributed by atoms with Gasteiger partial charge in [0, 0.05) is 6.92 Å². The lowest BCUT2D eigenvalue weighted by Crippen LogP contribution is -2.40. The van der Waals surface area contributed by atoms with Crippen molar-refractivity contribution in [1.82, 2.24) is 5.32 Å². The highest BCUT2D eigenvalue weighted by Gasteiger charge is 2.47. The van der Waals surface area contributed by atoms with E-state index in [1.165, 1.54) is 6.92 Å². The molecule has 2 aliphatic rings. The molecule has 2 aromatic carbocycles. The molecule has 1 N–H and O–H groups in total. The minimum absolute atomic E-state index is 0.0506. The molecule has 2 aromatic rings. The topological polar surface area (TPSA) is 58.6 Å². The first-order valence-corrected chi connectivity index (χ1v) is 8.06. The number of carbonyl (C=O) groups is 2. The van der Waals surface area contributed by atoms with Gasteiger partial charge in [-0.3, -0.25) is 9.69 Å². The molecule has 4 rings (SSSR count). The van der Waals surface area contributed by atoms with Crippen LogP contribution >= 0.6 is 0 Å². The number of rotatable bonds is 3. The molecule has 2 amide bonds. The zero-order chi connectivity index (χ0) is 16.7. The number of hydrogen-bond donors (Lipinski definition) is 1. The summed E-state index contributed by atoms with van der Waals surface area (Å²) in [6, 6.07) is 16.3. The number of cyclic esters (lactones) is 1. The first kappa shape index (κ1) is 14.8. The zero-order valence-electron chi connectivity index (χ0n) is 13.4. The smallest absolute Gasteiger partial charge is 0.415 e. The quantitative estimate of drug-likeness (QED) is 0.945. The first-order valence-electron chi connectivity index (χ1n) is 8.06. The van der Waals surface area contributed by atoms with Crippen LogP contribution in [0.15, 0.2) is 48.5 Å². The van der Waals surface area contributed by atoms with Crippen LogP contribution in [0.1, 0.15) is 12.5 Å². The van der Waals surface area contributed by atoms with E-state index in [2.05, 4.69) is 23.5 Å². The van der Waals surface area contributed by atoms with Gasteiger partial charge in [-0.2, -0.15) is 0 Å². The third-order valence-corrected chi connectivity index (χ3v) is 4.64. The molecule has 24 heavy (non-hydrogen) atoms. The Morgan fingerprint density at radius 2 is 2.00 bits per heavy atom. The Balaban J connectivity index is 1.62. The number of ether oxygens (including phenoxy) is 1. The summed E-state index contributed by atoms with van der Waals surface area (Å²) < 4.78 is 5.42. The molecule has 0 bridgehead atoms. The van der Waals surface area contributed by atoms with Crippen molar-refractivity contribution in [3.63, 3.8) is 0 Å². The Kier molecular flexibility index (Phi) is 3.49. The van der Waals surface area contributed by atoms with Crippen LogP contribution in [0.3, 0.4) is 0 Å². The van der Waals surface area contributed by atoms with E-state index in [0.29, 0.717) is 6.54 Å². The van der Waals surface area contributed by atoms with E-state index in [9.17, 15) is 9.59 Å². The molecule has 5 heteroatoms. The fourth-order valence-corrected chi connectivity index (χ4v) is 3.51. The summed E-state index contributed by atoms with van der Waals surface area (Å²) in [5, 5.41) is 2.74. The minimum atomic E-state index is -0.332. The molecule has 0 aliphatic carbocycles. The fraction of sp³-hybridized carbons (Fsp3) is 0.263. The molecule has 1 saturated heterocycles. The normalized spacial score (nSPS) is 21.2. The van der Waals surface area contributed by atoms with E-state index < -0.39 is 0 Å². The predicted molar refractivity (Wildman–Crippen MR) is 90.8 cm³/mol. The van der Waals surface area contributed by atoms with Gasteiger partial charge in [-0.25, -0.2) is 4.79 Å². The predicted octanol–water partition coefficient (Wildman–Crippen LogP) is 2.74. The van der Waals surface area contributed by atoms with E-state index in [1.807, 2.05) is 30.3 Å². The van der Waals surface area contributed by atoms with Crippen molar-refractivity contribution in [2.45, 2.75) is 25.5 Å². The van der Waals surface area contributed by atoms with Crippen LogP contribution in [0.25, 0.3) is 11.1 Å². The SMILES string of the molecule is CC(=O)NC[C@H]1OC(=O)N2c3ccc(-c4ccccc4)cc3C[C@H]12. The number of carbonyl (C=O) groups excluding carboxylic acids is 2. The van der Waals surface area contributed by atoms with Crippen molar-refractivity contribution in [3.05, 3.63) is 54.1 Å². The summed E-state index contributed by atoms with van der Waals surface area (Å²) >= 11 is 0. The molecule has 5 nitrogen and oxygen atoms in total. The van der Waals surface area contributed by atoms with Crippen molar-refractivity contribution in [3.8, 4) is 11.1 Å². The molecule has 1 fully saturated rings. The Morgan fingerprint density at radius 3 is 2.75 bits per heavy atom. The van der Waals surface area contributed by atoms with Gasteiger partial charge < -0.3 is 10.1 Å². The third kappa shape index (κ3) is 2.42. The van der Waals surface area contributed by atoms with Crippen LogP contribution in [0.5, 0.6) is 0 Å². The van der Waals surface area contributed by atoms with Crippen LogP contribution in [-0.2, 0) is 16.0 Å². The highest BCUT2D eigenvalue weighted by molar-refractivity contribution is 5.94. The number of nitrogens with one attached hydrogen (secondary N) is 1. The van der Waals surface area contributed by atoms with Gasteiger partial charge in [0.05, 0.1) is 18.3 Å². The van der Waals surface area contributed by atoms with Gasteiger partial charge in [0.25, 0.3) is 0 Å². The van der Waals surface area contributed by atoms with Gasteiger partial charge in [-0.15, -0.1) is 0 Å². The van der Waals surface area contributed by atoms with Gasteiger partial charge in [-0.1, -0.05) is 36.4 Å². The number of benzene rings is 2. The molecule has 0 unspecified atom stereocenters. The van der Waals surface area contributed by atoms with Crippen molar-refractivity contribution >= 4 is 17.7 Å². The van der Waals surface area contributed by atoms with Gasteiger partial charge in [-0.05, 0) is 35.2 Å². The number of fused-ring (bicyclic) bond motifs is 3. The number of nitrogens with zero attached hydrogens (tertiary/aromatic N) is 1. The Bertz CT molecular complexity index is 804. The van der Waals surface area contributed by atoms with Gasteiger partial charge in [0.15, 0.2) is 0 Å². The van der Waals surface area contributed by atoms with E-state index in [1.54, 1.807) is 4.90 Å². The lowest BCUT2D eigenvalue weighted by molar-refractivity contribution is -0.119. The summed E-state index contributed by atoms with van der Waals surface area (Å²) in [6.07, 6.45) is 0.0990. The standard InChI is InChI=1S/C19H18N2O3/c1-12(22)20-11-18-17-10-15-9-14(13-5-3-2-4-6-13)7-8-16(15)21(17)19(23)24-18/h2-9,17-18H,10-11H2,1H3,(H,20,22)/t17-,18-/m1/s1. The third-order valence-electron chi connectivity index (χ3n) is 4.64. The second-order valence-corrected chi connectivity index (χ2v) is 6.21. The van der Waals surface area contributed by atoms with Crippen molar-refractivity contribution in [2.24, 2.45) is 0 Å². The maximum absolute atomic E-state index is 12.2. The lowest BCUT2D eigenvalue weighted by atomic mass is 10.00. The molecule has 2 heterocycles. The van der Waals surface area contributed by atoms with Crippen LogP contribution in [0, 0.1) is 0 Å². The van der Waals surface area contributed by atoms with E-state index in [4.69, 9.17) is 4.74 Å². The van der Waals surface area contributed by atoms with Crippen LogP contribution in [-0.4, -0.2) is 30.7 Å². The maximum atomic E-state index is 12.2. The highest BCUT2D eigenvalue weighted by atomic mass is 16.6. The summed E-state index contributed by atoms with van der Waals surface area (Å²) in [4.78, 5) is 25.1. The van der Waals surface area contributed by atoms with Crippen LogP contribution < -0.4 is 10.2 Å². The van der Waals surface area contributed by atoms with E-state index in [-0.39, 0.29) is 24.1 Å². The Hall–Kier alpha value is -2.82. The monoisotopic (exact) mass is 322 g/mol. The first-order chi connectivity index (χ1) is 11.6. The van der Waals surface area contributed by atoms with E-state index in [0.717, 1.165) is 28.8 Å². The van der Waals surface area contributed by atoms with Gasteiger partial charge in [0.1, 0.15) is 6.10 Å². The van der Waals surface area contributed by atoms with Gasteiger partial charge in [0.2, 0.25) is 5.91 Å². The summed E-state index contributed by atoms with van der Waals surface area (Å²) in [6.45, 7) is 1.81. The molecule has 122 valence electrons. The molecular weight excluding hydrogens is 304 g/mol. The number of hydrogen-bond acceptors (Lipinski definition) is 3. The van der Waals surface area contributed by atoms with Crippen molar-refractivity contribution in [2.75, 3.05) is 11.4 Å². The summed E-state index contributed by atoms with van der Waals surface area (Å²) in [5.74, 6) is -0.119. The molecule has 0 aromatic heterocycles. The van der Waals surface area contributed by atoms with Gasteiger partial charge >= 0.3 is 6.09 Å². The average Bonchev–Trinajstić information content (AvgIpc) is 3.11. The summed E-state index contributed by atoms with van der Waals surface area (Å²) in [7, 11) is 0. The van der Waals surface area contributed by atoms with E-state index >= 15 is 0 Å². The Morgan fingerprint density at radius 1 is 1.21 bits per heavy atom. The molecule has 2 atom stereocenters. The largest absolute Gasteiger partial charge is 0.442 e.